The largest absolute Gasteiger partial charge is 0.361 e. The van der Waals surface area contributed by atoms with Gasteiger partial charge in [0.05, 0.1) is 0 Å². The van der Waals surface area contributed by atoms with Crippen LogP contribution in [-0.2, 0) is 6.42 Å². The minimum absolute atomic E-state index is 0.481. The Labute approximate surface area is 243 Å². The highest BCUT2D eigenvalue weighted by molar-refractivity contribution is 7.19. The lowest BCUT2D eigenvalue weighted by molar-refractivity contribution is 0.203. The number of allylic oxidation sites excluding steroid dienone is 11. The fourth-order valence-electron chi connectivity index (χ4n) is 9.28. The first-order valence-electron chi connectivity index (χ1n) is 16.0. The number of nitrogens with zero attached hydrogens (tertiary/aromatic N) is 1. The van der Waals surface area contributed by atoms with Crippen LogP contribution in [0.5, 0.6) is 0 Å². The topological polar surface area (TPSA) is 3.24 Å². The number of benzene rings is 1. The van der Waals surface area contributed by atoms with Crippen molar-refractivity contribution in [3.05, 3.63) is 111 Å². The Morgan fingerprint density at radius 1 is 0.800 bits per heavy atom. The van der Waals surface area contributed by atoms with Crippen LogP contribution in [0.1, 0.15) is 91.2 Å². The molecule has 6 unspecified atom stereocenters. The summed E-state index contributed by atoms with van der Waals surface area (Å²) in [5, 5.41) is 1.61. The van der Waals surface area contributed by atoms with E-state index >= 15 is 0 Å². The Bertz CT molecular complexity index is 1600. The molecule has 1 saturated heterocycles. The summed E-state index contributed by atoms with van der Waals surface area (Å²) in [7, 11) is 0. The Balaban J connectivity index is 1.11. The molecule has 40 heavy (non-hydrogen) atoms. The zero-order valence-electron chi connectivity index (χ0n) is 23.4. The molecule has 1 fully saturated rings. The first-order valence-corrected chi connectivity index (χ1v) is 16.8. The van der Waals surface area contributed by atoms with Crippen LogP contribution in [-0.4, -0.2) is 17.0 Å². The number of hydrogen-bond acceptors (Lipinski definition) is 2. The molecule has 0 N–H and O–H groups in total. The molecule has 0 amide bonds. The standard InChI is InChI=1S/C38H39NS/c1-2-8-24(9-3-1)25-16-19-28(20-17-25)39-32-13-7-6-12-30(32)36-33(39)22-21-31-37-34(40-38(31)36)23-18-27-15-14-26-10-4-5-11-29(26)35(27)37/h4-5,8,10-16,18-19,23,25-26,28-29,33,36H,1-3,6-7,9,17,20-22H2. The molecule has 2 aromatic rings. The van der Waals surface area contributed by atoms with Crippen molar-refractivity contribution in [2.24, 2.45) is 11.8 Å². The van der Waals surface area contributed by atoms with Crippen LogP contribution in [0.4, 0.5) is 0 Å². The second kappa shape index (κ2) is 9.35. The van der Waals surface area contributed by atoms with Gasteiger partial charge in [0.2, 0.25) is 0 Å². The number of rotatable bonds is 2. The van der Waals surface area contributed by atoms with E-state index in [4.69, 9.17) is 0 Å². The van der Waals surface area contributed by atoms with Crippen molar-refractivity contribution >= 4 is 27.5 Å². The average molecular weight is 542 g/mol. The summed E-state index contributed by atoms with van der Waals surface area (Å²) in [6.45, 7) is 0. The van der Waals surface area contributed by atoms with Crippen molar-refractivity contribution in [3.63, 3.8) is 0 Å². The number of hydrogen-bond donors (Lipinski definition) is 0. The van der Waals surface area contributed by atoms with Gasteiger partial charge in [-0.15, -0.1) is 11.3 Å². The van der Waals surface area contributed by atoms with Gasteiger partial charge in [0.1, 0.15) is 0 Å². The predicted molar refractivity (Wildman–Crippen MR) is 170 cm³/mol. The summed E-state index contributed by atoms with van der Waals surface area (Å²) in [5.74, 6) is 2.22. The van der Waals surface area contributed by atoms with E-state index in [2.05, 4.69) is 95.2 Å². The van der Waals surface area contributed by atoms with Gasteiger partial charge in [-0.05, 0) is 98.5 Å². The lowest BCUT2D eigenvalue weighted by Gasteiger charge is -2.40. The fourth-order valence-corrected chi connectivity index (χ4v) is 10.7. The lowest BCUT2D eigenvalue weighted by atomic mass is 9.74. The Kier molecular flexibility index (Phi) is 5.57. The highest BCUT2D eigenvalue weighted by atomic mass is 32.1. The van der Waals surface area contributed by atoms with Crippen molar-refractivity contribution in [2.45, 2.75) is 88.1 Å². The number of thiophene rings is 1. The van der Waals surface area contributed by atoms with Gasteiger partial charge in [0.15, 0.2) is 0 Å². The third kappa shape index (κ3) is 3.51. The highest BCUT2D eigenvalue weighted by Gasteiger charge is 2.48. The molecular weight excluding hydrogens is 502 g/mol. The van der Waals surface area contributed by atoms with Crippen LogP contribution in [0.3, 0.4) is 0 Å². The van der Waals surface area contributed by atoms with Crippen molar-refractivity contribution in [1.82, 2.24) is 4.90 Å². The quantitative estimate of drug-likeness (QED) is 0.342. The summed E-state index contributed by atoms with van der Waals surface area (Å²) >= 11 is 2.13. The zero-order valence-corrected chi connectivity index (χ0v) is 24.2. The maximum atomic E-state index is 2.91. The van der Waals surface area contributed by atoms with Gasteiger partial charge in [0, 0.05) is 50.5 Å². The molecule has 1 aliphatic heterocycles. The lowest BCUT2D eigenvalue weighted by Crippen LogP contribution is -2.41. The third-order valence-electron chi connectivity index (χ3n) is 11.1. The SMILES string of the molecule is C1=CC2C=Cc3ccc4sc5c(c4c3C2C=C1)CCC1C5C2=CCCC=C2N1C1C=CC(C2=CCCCC2)CC1. The Morgan fingerprint density at radius 2 is 1.75 bits per heavy atom. The zero-order chi connectivity index (χ0) is 26.2. The maximum absolute atomic E-state index is 2.91. The van der Waals surface area contributed by atoms with E-state index in [-0.39, 0.29) is 0 Å². The summed E-state index contributed by atoms with van der Waals surface area (Å²) in [4.78, 5) is 4.60. The van der Waals surface area contributed by atoms with Gasteiger partial charge in [-0.1, -0.05) is 78.5 Å². The van der Waals surface area contributed by atoms with Gasteiger partial charge in [-0.3, -0.25) is 0 Å². The second-order valence-electron chi connectivity index (χ2n) is 13.1. The van der Waals surface area contributed by atoms with Crippen molar-refractivity contribution in [1.29, 1.82) is 0 Å². The minimum atomic E-state index is 0.481. The van der Waals surface area contributed by atoms with Crippen LogP contribution in [0.25, 0.3) is 16.2 Å². The normalized spacial score (nSPS) is 33.5. The van der Waals surface area contributed by atoms with Gasteiger partial charge in [-0.2, -0.15) is 0 Å². The number of fused-ring (bicyclic) bond motifs is 11. The van der Waals surface area contributed by atoms with E-state index in [1.54, 1.807) is 38.2 Å². The Morgan fingerprint density at radius 3 is 2.65 bits per heavy atom. The van der Waals surface area contributed by atoms with Gasteiger partial charge >= 0.3 is 0 Å². The fraction of sp³-hybridized carbons (Fsp3) is 0.421. The monoisotopic (exact) mass is 541 g/mol. The maximum Gasteiger partial charge on any atom is 0.0477 e. The van der Waals surface area contributed by atoms with Gasteiger partial charge in [0.25, 0.3) is 0 Å². The molecule has 1 nitrogen and oxygen atoms in total. The van der Waals surface area contributed by atoms with Crippen molar-refractivity contribution in [2.75, 3.05) is 0 Å². The molecule has 2 heteroatoms. The van der Waals surface area contributed by atoms with E-state index in [1.807, 2.05) is 0 Å². The van der Waals surface area contributed by atoms with Crippen LogP contribution in [0, 0.1) is 11.8 Å². The van der Waals surface area contributed by atoms with E-state index in [0.29, 0.717) is 35.8 Å². The van der Waals surface area contributed by atoms with Crippen LogP contribution < -0.4 is 0 Å². The molecule has 2 heterocycles. The number of aryl methyl sites for hydroxylation is 1. The highest BCUT2D eigenvalue weighted by Crippen LogP contribution is 2.57. The van der Waals surface area contributed by atoms with E-state index in [9.17, 15) is 0 Å². The number of likely N-dealkylation sites (tertiary alicyclic amines) is 1. The van der Waals surface area contributed by atoms with Crippen LogP contribution in [0.15, 0.2) is 89.7 Å². The smallest absolute Gasteiger partial charge is 0.0477 e. The van der Waals surface area contributed by atoms with E-state index < -0.39 is 0 Å². The van der Waals surface area contributed by atoms with Crippen LogP contribution >= 0.6 is 11.3 Å². The third-order valence-corrected chi connectivity index (χ3v) is 12.3. The molecule has 0 spiro atoms. The molecule has 1 aromatic heterocycles. The molecule has 7 aliphatic rings. The summed E-state index contributed by atoms with van der Waals surface area (Å²) in [6, 6.07) is 5.99. The van der Waals surface area contributed by atoms with Gasteiger partial charge < -0.3 is 4.90 Å². The summed E-state index contributed by atoms with van der Waals surface area (Å²) < 4.78 is 1.52. The summed E-state index contributed by atoms with van der Waals surface area (Å²) in [6.07, 6.45) is 40.1. The molecule has 6 atom stereocenters. The predicted octanol–water partition coefficient (Wildman–Crippen LogP) is 9.91. The second-order valence-corrected chi connectivity index (χ2v) is 14.2. The molecule has 0 saturated carbocycles. The molecule has 1 aromatic carbocycles. The average Bonchev–Trinajstić information content (AvgIpc) is 3.57. The minimum Gasteiger partial charge on any atom is -0.361 e. The molecular formula is C38H39NS. The molecule has 0 radical (unpaired) electrons. The first-order chi connectivity index (χ1) is 19.8. The molecule has 202 valence electrons. The van der Waals surface area contributed by atoms with E-state index in [0.717, 1.165) is 0 Å². The molecule has 6 aliphatic carbocycles. The van der Waals surface area contributed by atoms with Crippen molar-refractivity contribution < 1.29 is 0 Å². The Hall–Kier alpha value is -2.84. The molecule has 9 rings (SSSR count). The van der Waals surface area contributed by atoms with Crippen molar-refractivity contribution in [3.8, 4) is 0 Å². The van der Waals surface area contributed by atoms with E-state index in [1.165, 1.54) is 74.5 Å². The first kappa shape index (κ1) is 23.8. The summed E-state index contributed by atoms with van der Waals surface area (Å²) in [5.41, 5.74) is 9.70. The van der Waals surface area contributed by atoms with Gasteiger partial charge in [-0.25, -0.2) is 0 Å². The molecule has 0 bridgehead atoms. The van der Waals surface area contributed by atoms with Crippen LogP contribution in [0.2, 0.25) is 0 Å².